The zero-order valence-electron chi connectivity index (χ0n) is 11.2. The van der Waals surface area contributed by atoms with Crippen molar-refractivity contribution in [1.29, 1.82) is 0 Å². The second kappa shape index (κ2) is 6.84. The lowest BCUT2D eigenvalue weighted by molar-refractivity contribution is 0.256. The Morgan fingerprint density at radius 3 is 2.55 bits per heavy atom. The van der Waals surface area contributed by atoms with Gasteiger partial charge < -0.3 is 10.8 Å². The molecule has 0 radical (unpaired) electrons. The number of hydrogen-bond acceptors (Lipinski definition) is 4. The highest BCUT2D eigenvalue weighted by atomic mass is 79.9. The number of benzene rings is 1. The molecule has 5 nitrogen and oxygen atoms in total. The molecule has 114 valence electrons. The van der Waals surface area contributed by atoms with E-state index in [2.05, 4.69) is 20.7 Å². The molecule has 0 bridgehead atoms. The second-order valence-electron chi connectivity index (χ2n) is 4.79. The topological polar surface area (TPSA) is 92.4 Å². The van der Waals surface area contributed by atoms with E-state index in [1.165, 1.54) is 0 Å². The molecule has 1 aromatic rings. The molecular weight excluding hydrogens is 351 g/mol. The third-order valence-electron chi connectivity index (χ3n) is 2.89. The van der Waals surface area contributed by atoms with Crippen molar-refractivity contribution in [3.05, 3.63) is 22.4 Å². The molecule has 0 amide bonds. The maximum atomic E-state index is 13.8. The molecule has 0 heterocycles. The van der Waals surface area contributed by atoms with Crippen molar-refractivity contribution in [2.24, 2.45) is 5.92 Å². The molecule has 1 rings (SSSR count). The van der Waals surface area contributed by atoms with Gasteiger partial charge in [0.25, 0.3) is 0 Å². The van der Waals surface area contributed by atoms with Crippen molar-refractivity contribution in [1.82, 2.24) is 4.72 Å². The summed E-state index contributed by atoms with van der Waals surface area (Å²) in [6.45, 7) is 3.47. The predicted octanol–water partition coefficient (Wildman–Crippen LogP) is 1.86. The number of nitrogens with two attached hydrogens (primary N) is 1. The summed E-state index contributed by atoms with van der Waals surface area (Å²) in [7, 11) is -4.03. The first-order chi connectivity index (χ1) is 9.19. The molecular formula is C12H18BrFN2O3S. The van der Waals surface area contributed by atoms with Crippen molar-refractivity contribution in [2.75, 3.05) is 12.3 Å². The lowest BCUT2D eigenvalue weighted by Crippen LogP contribution is -2.39. The first-order valence-corrected chi connectivity index (χ1v) is 8.34. The molecule has 0 aromatic heterocycles. The van der Waals surface area contributed by atoms with Gasteiger partial charge in [-0.3, -0.25) is 0 Å². The van der Waals surface area contributed by atoms with Gasteiger partial charge in [0.05, 0.1) is 0 Å². The molecule has 1 unspecified atom stereocenters. The summed E-state index contributed by atoms with van der Waals surface area (Å²) in [6, 6.07) is 1.60. The molecule has 0 saturated heterocycles. The average Bonchev–Trinajstić information content (AvgIpc) is 2.32. The number of aliphatic hydroxyl groups is 1. The van der Waals surface area contributed by atoms with E-state index in [1.807, 2.05) is 13.8 Å². The molecule has 0 aliphatic rings. The fourth-order valence-electron chi connectivity index (χ4n) is 1.68. The second-order valence-corrected chi connectivity index (χ2v) is 7.32. The number of halogens is 2. The van der Waals surface area contributed by atoms with E-state index in [1.54, 1.807) is 0 Å². The molecule has 1 aromatic carbocycles. The first kappa shape index (κ1) is 17.4. The summed E-state index contributed by atoms with van der Waals surface area (Å²) in [5.41, 5.74) is 5.72. The van der Waals surface area contributed by atoms with Gasteiger partial charge in [-0.05, 0) is 40.4 Å². The number of rotatable bonds is 6. The number of anilines is 1. The Balaban J connectivity index is 3.13. The minimum absolute atomic E-state index is 0.0345. The zero-order chi connectivity index (χ0) is 15.5. The minimum atomic E-state index is -4.03. The normalized spacial score (nSPS) is 13.7. The molecule has 0 spiro atoms. The molecule has 20 heavy (non-hydrogen) atoms. The van der Waals surface area contributed by atoms with Crippen LogP contribution in [0, 0.1) is 11.7 Å². The van der Waals surface area contributed by atoms with E-state index in [0.717, 1.165) is 12.1 Å². The van der Waals surface area contributed by atoms with E-state index in [0.29, 0.717) is 4.47 Å². The van der Waals surface area contributed by atoms with Crippen LogP contribution in [0.4, 0.5) is 10.1 Å². The fraction of sp³-hybridized carbons (Fsp3) is 0.500. The van der Waals surface area contributed by atoms with Crippen molar-refractivity contribution in [3.8, 4) is 0 Å². The largest absolute Gasteiger partial charge is 0.398 e. The van der Waals surface area contributed by atoms with Gasteiger partial charge in [-0.25, -0.2) is 17.5 Å². The van der Waals surface area contributed by atoms with Crippen LogP contribution in [0.3, 0.4) is 0 Å². The fourth-order valence-corrected chi connectivity index (χ4v) is 3.51. The monoisotopic (exact) mass is 368 g/mol. The summed E-state index contributed by atoms with van der Waals surface area (Å²) in [5.74, 6) is -0.919. The van der Waals surface area contributed by atoms with Crippen LogP contribution in [-0.4, -0.2) is 26.2 Å². The van der Waals surface area contributed by atoms with Crippen LogP contribution in [0.5, 0.6) is 0 Å². The molecule has 0 aliphatic carbocycles. The highest BCUT2D eigenvalue weighted by molar-refractivity contribution is 9.10. The molecule has 4 N–H and O–H groups in total. The molecule has 8 heteroatoms. The van der Waals surface area contributed by atoms with Gasteiger partial charge in [0.2, 0.25) is 10.0 Å². The van der Waals surface area contributed by atoms with Crippen molar-refractivity contribution >= 4 is 31.6 Å². The van der Waals surface area contributed by atoms with Crippen LogP contribution in [-0.2, 0) is 10.0 Å². The Morgan fingerprint density at radius 2 is 2.05 bits per heavy atom. The van der Waals surface area contributed by atoms with Gasteiger partial charge >= 0.3 is 0 Å². The van der Waals surface area contributed by atoms with Crippen LogP contribution in [0.25, 0.3) is 0 Å². The molecule has 0 saturated carbocycles. The van der Waals surface area contributed by atoms with Crippen molar-refractivity contribution in [2.45, 2.75) is 31.2 Å². The predicted molar refractivity (Wildman–Crippen MR) is 79.2 cm³/mol. The van der Waals surface area contributed by atoms with E-state index < -0.39 is 26.8 Å². The number of aliphatic hydroxyl groups excluding tert-OH is 1. The standard InChI is InChI=1S/C12H18BrFN2O3S/c1-7(2)11(3-4-17)16-20(18,19)12-6-10(15)8(13)5-9(12)14/h5-7,11,16-17H,3-4,15H2,1-2H3. The minimum Gasteiger partial charge on any atom is -0.398 e. The summed E-state index contributed by atoms with van der Waals surface area (Å²) >= 11 is 3.03. The summed E-state index contributed by atoms with van der Waals surface area (Å²) in [6.07, 6.45) is 0.254. The van der Waals surface area contributed by atoms with Crippen LogP contribution < -0.4 is 10.5 Å². The first-order valence-electron chi connectivity index (χ1n) is 6.06. The van der Waals surface area contributed by atoms with E-state index in [-0.39, 0.29) is 24.6 Å². The third-order valence-corrected chi connectivity index (χ3v) is 5.08. The van der Waals surface area contributed by atoms with Crippen molar-refractivity contribution < 1.29 is 17.9 Å². The lowest BCUT2D eigenvalue weighted by atomic mass is 10.0. The third kappa shape index (κ3) is 4.15. The molecule has 1 atom stereocenters. The Hall–Kier alpha value is -0.700. The molecule has 0 aliphatic heterocycles. The van der Waals surface area contributed by atoms with Gasteiger partial charge in [0.15, 0.2) is 0 Å². The van der Waals surface area contributed by atoms with Gasteiger partial charge in [0, 0.05) is 22.8 Å². The van der Waals surface area contributed by atoms with E-state index >= 15 is 0 Å². The number of nitrogen functional groups attached to an aromatic ring is 1. The molecule has 0 fully saturated rings. The number of hydrogen-bond donors (Lipinski definition) is 3. The summed E-state index contributed by atoms with van der Waals surface area (Å²) in [5, 5.41) is 8.95. The highest BCUT2D eigenvalue weighted by Gasteiger charge is 2.25. The van der Waals surface area contributed by atoms with Gasteiger partial charge in [-0.15, -0.1) is 0 Å². The number of sulfonamides is 1. The smallest absolute Gasteiger partial charge is 0.243 e. The van der Waals surface area contributed by atoms with Gasteiger partial charge in [-0.2, -0.15) is 0 Å². The Bertz CT molecular complexity index is 578. The Kier molecular flexibility index (Phi) is 5.93. The Morgan fingerprint density at radius 1 is 1.45 bits per heavy atom. The van der Waals surface area contributed by atoms with Crippen LogP contribution in [0.2, 0.25) is 0 Å². The van der Waals surface area contributed by atoms with Crippen molar-refractivity contribution in [3.63, 3.8) is 0 Å². The highest BCUT2D eigenvalue weighted by Crippen LogP contribution is 2.26. The average molecular weight is 369 g/mol. The Labute approximate surface area is 126 Å². The van der Waals surface area contributed by atoms with E-state index in [9.17, 15) is 12.8 Å². The SMILES string of the molecule is CC(C)C(CCO)NS(=O)(=O)c1cc(N)c(Br)cc1F. The number of nitrogens with one attached hydrogen (secondary N) is 1. The van der Waals surface area contributed by atoms with Gasteiger partial charge in [0.1, 0.15) is 10.7 Å². The lowest BCUT2D eigenvalue weighted by Gasteiger charge is -2.21. The zero-order valence-corrected chi connectivity index (χ0v) is 13.6. The maximum absolute atomic E-state index is 13.8. The van der Waals surface area contributed by atoms with Gasteiger partial charge in [-0.1, -0.05) is 13.8 Å². The van der Waals surface area contributed by atoms with Crippen LogP contribution >= 0.6 is 15.9 Å². The maximum Gasteiger partial charge on any atom is 0.243 e. The summed E-state index contributed by atoms with van der Waals surface area (Å²) < 4.78 is 40.9. The van der Waals surface area contributed by atoms with E-state index in [4.69, 9.17) is 10.8 Å². The quantitative estimate of drug-likeness (QED) is 0.668. The van der Waals surface area contributed by atoms with Crippen LogP contribution in [0.1, 0.15) is 20.3 Å². The van der Waals surface area contributed by atoms with Crippen LogP contribution in [0.15, 0.2) is 21.5 Å². The summed E-state index contributed by atoms with van der Waals surface area (Å²) in [4.78, 5) is -0.498.